The Labute approximate surface area is 162 Å². The van der Waals surface area contributed by atoms with Gasteiger partial charge in [-0.15, -0.1) is 6.58 Å². The van der Waals surface area contributed by atoms with Crippen LogP contribution < -0.4 is 5.32 Å². The first-order chi connectivity index (χ1) is 12.8. The third-order valence-corrected chi connectivity index (χ3v) is 4.53. The van der Waals surface area contributed by atoms with Crippen LogP contribution in [0.1, 0.15) is 52.0 Å². The van der Waals surface area contributed by atoms with E-state index in [1.54, 1.807) is 0 Å². The molecule has 148 valence electrons. The van der Waals surface area contributed by atoms with E-state index in [1.807, 2.05) is 57.2 Å². The summed E-state index contributed by atoms with van der Waals surface area (Å²) in [4.78, 5) is 24.6. The third kappa shape index (κ3) is 7.08. The number of carbonyl (C=O) groups excluding carboxylic acids is 2. The second-order valence-electron chi connectivity index (χ2n) is 8.07. The number of cyclic esters (lactones) is 1. The molecule has 1 amide bonds. The maximum atomic E-state index is 12.3. The lowest BCUT2D eigenvalue weighted by Gasteiger charge is -2.26. The zero-order chi connectivity index (χ0) is 19.9. The highest BCUT2D eigenvalue weighted by Gasteiger charge is 2.39. The summed E-state index contributed by atoms with van der Waals surface area (Å²) >= 11 is 0. The fourth-order valence-corrected chi connectivity index (χ4v) is 3.26. The third-order valence-electron chi connectivity index (χ3n) is 4.53. The normalized spacial score (nSPS) is 20.6. The van der Waals surface area contributed by atoms with Crippen molar-refractivity contribution in [2.45, 2.75) is 70.6 Å². The first kappa shape index (κ1) is 21.0. The molecule has 5 heteroatoms. The Kier molecular flexibility index (Phi) is 7.45. The zero-order valence-electron chi connectivity index (χ0n) is 16.6. The Hall–Kier alpha value is -2.30. The molecule has 27 heavy (non-hydrogen) atoms. The lowest BCUT2D eigenvalue weighted by atomic mass is 9.93. The minimum absolute atomic E-state index is 0.117. The molecule has 3 atom stereocenters. The SMILES string of the molecule is C=CCCC[C@@H]1C[C@@H]([C@H](Cc2ccccc2)NC(=O)OC(C)(C)C)OC1=O. The van der Waals surface area contributed by atoms with Crippen LogP contribution in [-0.4, -0.2) is 29.8 Å². The van der Waals surface area contributed by atoms with Crippen LogP contribution in [0.2, 0.25) is 0 Å². The highest BCUT2D eigenvalue weighted by atomic mass is 16.6. The lowest BCUT2D eigenvalue weighted by Crippen LogP contribution is -2.46. The molecule has 1 aliphatic heterocycles. The summed E-state index contributed by atoms with van der Waals surface area (Å²) < 4.78 is 11.0. The van der Waals surface area contributed by atoms with Crippen molar-refractivity contribution >= 4 is 12.1 Å². The van der Waals surface area contributed by atoms with Gasteiger partial charge in [0.1, 0.15) is 11.7 Å². The molecule has 0 bridgehead atoms. The first-order valence-electron chi connectivity index (χ1n) is 9.63. The summed E-state index contributed by atoms with van der Waals surface area (Å²) in [5.74, 6) is -0.290. The van der Waals surface area contributed by atoms with Crippen molar-refractivity contribution in [3.63, 3.8) is 0 Å². The van der Waals surface area contributed by atoms with Gasteiger partial charge in [-0.05, 0) is 58.4 Å². The largest absolute Gasteiger partial charge is 0.460 e. The molecule has 1 aliphatic rings. The molecule has 0 saturated carbocycles. The first-order valence-corrected chi connectivity index (χ1v) is 9.63. The van der Waals surface area contributed by atoms with E-state index >= 15 is 0 Å². The van der Waals surface area contributed by atoms with Gasteiger partial charge < -0.3 is 14.8 Å². The molecule has 1 aromatic rings. The van der Waals surface area contributed by atoms with Crippen LogP contribution in [0.3, 0.4) is 0 Å². The Balaban J connectivity index is 2.06. The standard InChI is InChI=1S/C22H31NO4/c1-5-6-8-13-17-15-19(26-20(17)24)18(14-16-11-9-7-10-12-16)23-21(25)27-22(2,3)4/h5,7,9-12,17-19H,1,6,8,13-15H2,2-4H3,(H,23,25)/t17-,18+,19+/m1/s1. The smallest absolute Gasteiger partial charge is 0.408 e. The van der Waals surface area contributed by atoms with Gasteiger partial charge in [0.15, 0.2) is 0 Å². The Morgan fingerprint density at radius 3 is 2.70 bits per heavy atom. The Morgan fingerprint density at radius 1 is 1.37 bits per heavy atom. The lowest BCUT2D eigenvalue weighted by molar-refractivity contribution is -0.145. The van der Waals surface area contributed by atoms with E-state index < -0.39 is 11.7 Å². The number of hydrogen-bond donors (Lipinski definition) is 1. The fraction of sp³-hybridized carbons (Fsp3) is 0.545. The van der Waals surface area contributed by atoms with Gasteiger partial charge in [-0.25, -0.2) is 4.79 Å². The molecule has 1 heterocycles. The highest BCUT2D eigenvalue weighted by Crippen LogP contribution is 2.29. The number of rotatable bonds is 8. The van der Waals surface area contributed by atoms with Crippen LogP contribution in [-0.2, 0) is 20.7 Å². The minimum Gasteiger partial charge on any atom is -0.460 e. The average molecular weight is 373 g/mol. The quantitative estimate of drug-likeness (QED) is 0.416. The monoisotopic (exact) mass is 373 g/mol. The summed E-state index contributed by atoms with van der Waals surface area (Å²) in [6, 6.07) is 9.54. The minimum atomic E-state index is -0.582. The van der Waals surface area contributed by atoms with Gasteiger partial charge in [0, 0.05) is 0 Å². The van der Waals surface area contributed by atoms with E-state index in [1.165, 1.54) is 0 Å². The number of amides is 1. The van der Waals surface area contributed by atoms with E-state index in [0.717, 1.165) is 24.8 Å². The fourth-order valence-electron chi connectivity index (χ4n) is 3.26. The summed E-state index contributed by atoms with van der Waals surface area (Å²) in [6.07, 6.45) is 4.80. The molecule has 1 N–H and O–H groups in total. The van der Waals surface area contributed by atoms with Gasteiger partial charge in [0.25, 0.3) is 0 Å². The molecule has 0 radical (unpaired) electrons. The van der Waals surface area contributed by atoms with Crippen LogP contribution in [0.25, 0.3) is 0 Å². The average Bonchev–Trinajstić information content (AvgIpc) is 2.95. The second kappa shape index (κ2) is 9.58. The molecule has 2 rings (SSSR count). The van der Waals surface area contributed by atoms with Crippen molar-refractivity contribution in [3.05, 3.63) is 48.6 Å². The summed E-state index contributed by atoms with van der Waals surface area (Å²) in [6.45, 7) is 9.19. The number of nitrogens with one attached hydrogen (secondary N) is 1. The maximum Gasteiger partial charge on any atom is 0.408 e. The number of ether oxygens (including phenoxy) is 2. The van der Waals surface area contributed by atoms with Gasteiger partial charge in [-0.2, -0.15) is 0 Å². The Morgan fingerprint density at radius 2 is 2.07 bits per heavy atom. The predicted molar refractivity (Wildman–Crippen MR) is 105 cm³/mol. The number of carbonyl (C=O) groups is 2. The van der Waals surface area contributed by atoms with Gasteiger partial charge in [-0.3, -0.25) is 4.79 Å². The maximum absolute atomic E-state index is 12.3. The van der Waals surface area contributed by atoms with E-state index in [-0.39, 0.29) is 24.0 Å². The van der Waals surface area contributed by atoms with Gasteiger partial charge in [0.2, 0.25) is 0 Å². The van der Waals surface area contributed by atoms with E-state index in [4.69, 9.17) is 9.47 Å². The molecule has 1 aromatic carbocycles. The molecule has 5 nitrogen and oxygen atoms in total. The van der Waals surface area contributed by atoms with Crippen LogP contribution in [0.15, 0.2) is 43.0 Å². The molecule has 0 aliphatic carbocycles. The van der Waals surface area contributed by atoms with Gasteiger partial charge in [0.05, 0.1) is 12.0 Å². The molecular formula is C22H31NO4. The van der Waals surface area contributed by atoms with Crippen LogP contribution >= 0.6 is 0 Å². The van der Waals surface area contributed by atoms with Crippen LogP contribution in [0, 0.1) is 5.92 Å². The number of unbranched alkanes of at least 4 members (excludes halogenated alkanes) is 1. The molecule has 1 saturated heterocycles. The van der Waals surface area contributed by atoms with E-state index in [9.17, 15) is 9.59 Å². The van der Waals surface area contributed by atoms with Crippen molar-refractivity contribution < 1.29 is 19.1 Å². The van der Waals surface area contributed by atoms with Crippen molar-refractivity contribution in [2.24, 2.45) is 5.92 Å². The molecular weight excluding hydrogens is 342 g/mol. The van der Waals surface area contributed by atoms with Crippen molar-refractivity contribution in [1.29, 1.82) is 0 Å². The van der Waals surface area contributed by atoms with E-state index in [2.05, 4.69) is 11.9 Å². The zero-order valence-corrected chi connectivity index (χ0v) is 16.6. The number of benzene rings is 1. The summed E-state index contributed by atoms with van der Waals surface area (Å²) in [5, 5.41) is 2.92. The Bertz CT molecular complexity index is 635. The van der Waals surface area contributed by atoms with Gasteiger partial charge in [-0.1, -0.05) is 36.4 Å². The topological polar surface area (TPSA) is 64.6 Å². The predicted octanol–water partition coefficient (Wildman–Crippen LogP) is 4.41. The van der Waals surface area contributed by atoms with Gasteiger partial charge >= 0.3 is 12.1 Å². The number of hydrogen-bond acceptors (Lipinski definition) is 4. The van der Waals surface area contributed by atoms with Crippen LogP contribution in [0.4, 0.5) is 4.79 Å². The van der Waals surface area contributed by atoms with Crippen molar-refractivity contribution in [2.75, 3.05) is 0 Å². The molecule has 1 fully saturated rings. The van der Waals surface area contributed by atoms with Crippen molar-refractivity contribution in [3.8, 4) is 0 Å². The summed E-state index contributed by atoms with van der Waals surface area (Å²) in [5.41, 5.74) is 0.491. The highest BCUT2D eigenvalue weighted by molar-refractivity contribution is 5.75. The number of allylic oxidation sites excluding steroid dienone is 1. The second-order valence-corrected chi connectivity index (χ2v) is 8.07. The van der Waals surface area contributed by atoms with Crippen molar-refractivity contribution in [1.82, 2.24) is 5.32 Å². The number of alkyl carbamates (subject to hydrolysis) is 1. The van der Waals surface area contributed by atoms with Crippen LogP contribution in [0.5, 0.6) is 0 Å². The summed E-state index contributed by atoms with van der Waals surface area (Å²) in [7, 11) is 0. The number of esters is 1. The molecule has 0 aromatic heterocycles. The molecule has 0 unspecified atom stereocenters. The molecule has 0 spiro atoms. The van der Waals surface area contributed by atoms with E-state index in [0.29, 0.717) is 12.8 Å².